The van der Waals surface area contributed by atoms with E-state index in [4.69, 9.17) is 0 Å². The monoisotopic (exact) mass is 297 g/mol. The average molecular weight is 297 g/mol. The van der Waals surface area contributed by atoms with Gasteiger partial charge in [-0.1, -0.05) is 6.07 Å². The minimum absolute atomic E-state index is 0.0613. The Morgan fingerprint density at radius 2 is 2.23 bits per heavy atom. The molecular formula is C17H19N3O2. The molecule has 5 nitrogen and oxygen atoms in total. The molecule has 0 bridgehead atoms. The summed E-state index contributed by atoms with van der Waals surface area (Å²) in [7, 11) is 0. The number of benzene rings is 1. The lowest BCUT2D eigenvalue weighted by Crippen LogP contribution is -2.44. The van der Waals surface area contributed by atoms with Gasteiger partial charge in [-0.05, 0) is 49.1 Å². The van der Waals surface area contributed by atoms with E-state index in [1.165, 1.54) is 5.56 Å². The van der Waals surface area contributed by atoms with Gasteiger partial charge in [0.1, 0.15) is 11.8 Å². The molecule has 114 valence electrons. The Kier molecular flexibility index (Phi) is 2.79. The molecule has 1 atom stereocenters. The summed E-state index contributed by atoms with van der Waals surface area (Å²) in [5, 5.41) is 13.9. The first-order valence-electron chi connectivity index (χ1n) is 7.69. The van der Waals surface area contributed by atoms with Crippen molar-refractivity contribution in [3.8, 4) is 5.75 Å². The van der Waals surface area contributed by atoms with Crippen LogP contribution < -0.4 is 0 Å². The Morgan fingerprint density at radius 1 is 1.41 bits per heavy atom. The number of fused-ring (bicyclic) bond motifs is 2. The van der Waals surface area contributed by atoms with Crippen LogP contribution in [0.3, 0.4) is 0 Å². The molecule has 1 aromatic carbocycles. The van der Waals surface area contributed by atoms with Gasteiger partial charge in [-0.2, -0.15) is 5.10 Å². The molecule has 2 aliphatic rings. The normalized spacial score (nSPS) is 19.8. The smallest absolute Gasteiger partial charge is 0.247 e. The van der Waals surface area contributed by atoms with Crippen LogP contribution in [0.2, 0.25) is 0 Å². The number of aromatic hydroxyl groups is 1. The Labute approximate surface area is 129 Å². The zero-order valence-corrected chi connectivity index (χ0v) is 12.6. The number of hydrogen-bond acceptors (Lipinski definition) is 3. The molecule has 1 N–H and O–H groups in total. The summed E-state index contributed by atoms with van der Waals surface area (Å²) in [6, 6.07) is 7.08. The van der Waals surface area contributed by atoms with Crippen LogP contribution in [-0.2, 0) is 16.8 Å². The number of carbonyl (C=O) groups is 1. The zero-order chi connectivity index (χ0) is 15.3. The van der Waals surface area contributed by atoms with E-state index in [0.29, 0.717) is 12.3 Å². The van der Waals surface area contributed by atoms with Gasteiger partial charge in [-0.15, -0.1) is 0 Å². The highest BCUT2D eigenvalue weighted by molar-refractivity contribution is 5.80. The topological polar surface area (TPSA) is 58.4 Å². The number of hydrogen-bond donors (Lipinski definition) is 1. The Hall–Kier alpha value is -2.30. The summed E-state index contributed by atoms with van der Waals surface area (Å²) in [6.45, 7) is 3.25. The molecule has 5 heteroatoms. The Morgan fingerprint density at radius 3 is 2.91 bits per heavy atom. The number of carbonyl (C=O) groups excluding carboxylic acids is 1. The van der Waals surface area contributed by atoms with E-state index in [2.05, 4.69) is 5.10 Å². The number of rotatable bonds is 2. The fraction of sp³-hybridized carbons (Fsp3) is 0.412. The fourth-order valence-electron chi connectivity index (χ4n) is 3.53. The molecule has 1 fully saturated rings. The number of phenols is 1. The molecule has 1 saturated carbocycles. The van der Waals surface area contributed by atoms with E-state index < -0.39 is 0 Å². The summed E-state index contributed by atoms with van der Waals surface area (Å²) < 4.78 is 1.70. The minimum Gasteiger partial charge on any atom is -0.508 e. The second-order valence-corrected chi connectivity index (χ2v) is 6.48. The third kappa shape index (κ3) is 2.00. The second-order valence-electron chi connectivity index (χ2n) is 6.48. The number of nitrogens with zero attached hydrogens (tertiary/aromatic N) is 3. The van der Waals surface area contributed by atoms with E-state index in [9.17, 15) is 9.90 Å². The minimum atomic E-state index is -0.288. The van der Waals surface area contributed by atoms with Crippen LogP contribution in [0.1, 0.15) is 36.9 Å². The van der Waals surface area contributed by atoms with Gasteiger partial charge in [0.25, 0.3) is 0 Å². The van der Waals surface area contributed by atoms with Crippen molar-refractivity contribution in [2.75, 3.05) is 6.54 Å². The quantitative estimate of drug-likeness (QED) is 0.924. The molecule has 1 unspecified atom stereocenters. The highest BCUT2D eigenvalue weighted by Crippen LogP contribution is 2.53. The molecule has 22 heavy (non-hydrogen) atoms. The third-order valence-electron chi connectivity index (χ3n) is 4.96. The van der Waals surface area contributed by atoms with Crippen LogP contribution in [0, 0.1) is 0 Å². The lowest BCUT2D eigenvalue weighted by atomic mass is 9.86. The van der Waals surface area contributed by atoms with Crippen LogP contribution in [0.25, 0.3) is 0 Å². The van der Waals surface area contributed by atoms with Gasteiger partial charge in [-0.25, -0.2) is 0 Å². The Balaban J connectivity index is 1.63. The van der Waals surface area contributed by atoms with Crippen molar-refractivity contribution < 1.29 is 9.90 Å². The maximum Gasteiger partial charge on any atom is 0.247 e. The Bertz CT molecular complexity index is 720. The van der Waals surface area contributed by atoms with E-state index >= 15 is 0 Å². The molecular weight excluding hydrogens is 278 g/mol. The molecule has 0 radical (unpaired) electrons. The van der Waals surface area contributed by atoms with Gasteiger partial charge in [0.05, 0.1) is 0 Å². The summed E-state index contributed by atoms with van der Waals surface area (Å²) in [6.07, 6.45) is 5.69. The van der Waals surface area contributed by atoms with Crippen LogP contribution in [0.15, 0.2) is 36.7 Å². The third-order valence-corrected chi connectivity index (χ3v) is 4.96. The van der Waals surface area contributed by atoms with Gasteiger partial charge in [-0.3, -0.25) is 9.48 Å². The van der Waals surface area contributed by atoms with E-state index in [1.807, 2.05) is 36.2 Å². The first-order valence-corrected chi connectivity index (χ1v) is 7.69. The highest BCUT2D eigenvalue weighted by Gasteiger charge is 2.50. The van der Waals surface area contributed by atoms with E-state index in [-0.39, 0.29) is 17.4 Å². The SMILES string of the molecule is CC(C(=O)N1Cc2ccc(O)cc2C2(CC2)C1)n1cccn1. The number of amides is 1. The molecule has 1 aliphatic carbocycles. The second kappa shape index (κ2) is 4.60. The predicted molar refractivity (Wildman–Crippen MR) is 81.4 cm³/mol. The molecule has 1 spiro atoms. The standard InChI is InChI=1S/C17H19N3O2/c1-12(20-8-2-7-18-20)16(22)19-10-13-3-4-14(21)9-15(13)17(11-19)5-6-17/h2-4,7-9,12,21H,5-6,10-11H2,1H3. The van der Waals surface area contributed by atoms with Gasteiger partial charge < -0.3 is 10.0 Å². The van der Waals surface area contributed by atoms with Crippen molar-refractivity contribution in [2.24, 2.45) is 0 Å². The molecule has 1 amide bonds. The molecule has 4 rings (SSSR count). The van der Waals surface area contributed by atoms with Crippen molar-refractivity contribution in [3.05, 3.63) is 47.8 Å². The zero-order valence-electron chi connectivity index (χ0n) is 12.6. The number of aromatic nitrogens is 2. The molecule has 1 aliphatic heterocycles. The first-order chi connectivity index (χ1) is 10.6. The van der Waals surface area contributed by atoms with Crippen LogP contribution in [0.5, 0.6) is 5.75 Å². The lowest BCUT2D eigenvalue weighted by molar-refractivity contribution is -0.136. The summed E-state index contributed by atoms with van der Waals surface area (Å²) in [5.74, 6) is 0.420. The van der Waals surface area contributed by atoms with Gasteiger partial charge in [0, 0.05) is 30.9 Å². The summed E-state index contributed by atoms with van der Waals surface area (Å²) >= 11 is 0. The highest BCUT2D eigenvalue weighted by atomic mass is 16.3. The van der Waals surface area contributed by atoms with Crippen molar-refractivity contribution >= 4 is 5.91 Å². The molecule has 2 aromatic rings. The van der Waals surface area contributed by atoms with Crippen molar-refractivity contribution in [3.63, 3.8) is 0 Å². The van der Waals surface area contributed by atoms with Crippen molar-refractivity contribution in [1.29, 1.82) is 0 Å². The van der Waals surface area contributed by atoms with Crippen LogP contribution in [0.4, 0.5) is 0 Å². The maximum absolute atomic E-state index is 12.8. The number of phenolic OH excluding ortho intramolecular Hbond substituents is 1. The van der Waals surface area contributed by atoms with Gasteiger partial charge in [0.15, 0.2) is 0 Å². The predicted octanol–water partition coefficient (Wildman–Crippen LogP) is 2.22. The van der Waals surface area contributed by atoms with Gasteiger partial charge >= 0.3 is 0 Å². The molecule has 2 heterocycles. The molecule has 1 aromatic heterocycles. The largest absolute Gasteiger partial charge is 0.508 e. The van der Waals surface area contributed by atoms with E-state index in [1.54, 1.807) is 16.9 Å². The van der Waals surface area contributed by atoms with Crippen LogP contribution in [-0.4, -0.2) is 32.2 Å². The van der Waals surface area contributed by atoms with Gasteiger partial charge in [0.2, 0.25) is 5.91 Å². The fourth-order valence-corrected chi connectivity index (χ4v) is 3.53. The van der Waals surface area contributed by atoms with Crippen molar-refractivity contribution in [1.82, 2.24) is 14.7 Å². The molecule has 0 saturated heterocycles. The lowest BCUT2D eigenvalue weighted by Gasteiger charge is -2.36. The van der Waals surface area contributed by atoms with E-state index in [0.717, 1.165) is 24.9 Å². The summed E-state index contributed by atoms with van der Waals surface area (Å²) in [5.41, 5.74) is 2.44. The van der Waals surface area contributed by atoms with Crippen molar-refractivity contribution in [2.45, 2.75) is 37.8 Å². The van der Waals surface area contributed by atoms with Crippen LogP contribution >= 0.6 is 0 Å². The summed E-state index contributed by atoms with van der Waals surface area (Å²) in [4.78, 5) is 14.7. The maximum atomic E-state index is 12.8. The average Bonchev–Trinajstić information content (AvgIpc) is 3.07. The first kappa shape index (κ1) is 13.4.